The van der Waals surface area contributed by atoms with Crippen LogP contribution in [-0.2, 0) is 9.53 Å². The van der Waals surface area contributed by atoms with Crippen LogP contribution in [0, 0.1) is 5.92 Å². The Labute approximate surface area is 90.2 Å². The summed E-state index contributed by atoms with van der Waals surface area (Å²) in [6.07, 6.45) is 3.72. The smallest absolute Gasteiger partial charge is 0.311 e. The van der Waals surface area contributed by atoms with E-state index in [-0.39, 0.29) is 11.9 Å². The number of hydrogen-bond donors (Lipinski definition) is 1. The van der Waals surface area contributed by atoms with E-state index >= 15 is 0 Å². The topological polar surface area (TPSA) is 46.5 Å². The number of carbonyl (C=O) groups is 1. The van der Waals surface area contributed by atoms with Crippen molar-refractivity contribution in [2.24, 2.45) is 5.92 Å². The zero-order valence-corrected chi connectivity index (χ0v) is 9.97. The Hall–Kier alpha value is -0.220. The van der Waals surface area contributed by atoms with Crippen LogP contribution in [0.25, 0.3) is 0 Å². The van der Waals surface area contributed by atoms with Gasteiger partial charge in [-0.05, 0) is 31.3 Å². The van der Waals surface area contributed by atoms with Gasteiger partial charge >= 0.3 is 5.97 Å². The van der Waals surface area contributed by atoms with Crippen molar-refractivity contribution in [2.75, 3.05) is 19.1 Å². The van der Waals surface area contributed by atoms with Crippen LogP contribution in [-0.4, -0.2) is 36.3 Å². The number of carbonyl (C=O) groups excluding carboxylic acids is 1. The third-order valence-corrected chi connectivity index (χ3v) is 2.95. The lowest BCUT2D eigenvalue weighted by Crippen LogP contribution is -2.28. The zero-order valence-electron chi connectivity index (χ0n) is 9.16. The lowest BCUT2D eigenvalue weighted by atomic mass is 9.96. The van der Waals surface area contributed by atoms with E-state index < -0.39 is 6.10 Å². The lowest BCUT2D eigenvalue weighted by Gasteiger charge is -2.18. The van der Waals surface area contributed by atoms with Crippen molar-refractivity contribution in [3.63, 3.8) is 0 Å². The second-order valence-electron chi connectivity index (χ2n) is 3.24. The van der Waals surface area contributed by atoms with Gasteiger partial charge in [0, 0.05) is 0 Å². The van der Waals surface area contributed by atoms with Gasteiger partial charge in [0.05, 0.1) is 19.1 Å². The molecule has 0 saturated carbocycles. The summed E-state index contributed by atoms with van der Waals surface area (Å²) < 4.78 is 4.63. The summed E-state index contributed by atoms with van der Waals surface area (Å²) in [5.74, 6) is 0.361. The van der Waals surface area contributed by atoms with E-state index in [0.717, 1.165) is 12.2 Å². The van der Waals surface area contributed by atoms with Gasteiger partial charge in [0.25, 0.3) is 0 Å². The molecule has 0 rings (SSSR count). The summed E-state index contributed by atoms with van der Waals surface area (Å²) in [7, 11) is 1.36. The first-order valence-corrected chi connectivity index (χ1v) is 6.31. The van der Waals surface area contributed by atoms with Crippen LogP contribution in [0.15, 0.2) is 0 Å². The number of methoxy groups -OCH3 is 1. The Bertz CT molecular complexity index is 161. The van der Waals surface area contributed by atoms with Gasteiger partial charge in [-0.15, -0.1) is 0 Å². The summed E-state index contributed by atoms with van der Waals surface area (Å²) in [6, 6.07) is 0. The van der Waals surface area contributed by atoms with Crippen LogP contribution in [0.3, 0.4) is 0 Å². The van der Waals surface area contributed by atoms with E-state index in [2.05, 4.69) is 4.74 Å². The summed E-state index contributed by atoms with van der Waals surface area (Å²) >= 11 is 1.75. The third kappa shape index (κ3) is 4.86. The molecule has 0 aliphatic heterocycles. The van der Waals surface area contributed by atoms with Crippen molar-refractivity contribution in [3.05, 3.63) is 0 Å². The molecule has 0 aromatic carbocycles. The molecule has 4 heteroatoms. The van der Waals surface area contributed by atoms with Crippen molar-refractivity contribution in [2.45, 2.75) is 32.3 Å². The second kappa shape index (κ2) is 8.12. The van der Waals surface area contributed by atoms with Gasteiger partial charge in [-0.1, -0.05) is 6.92 Å². The van der Waals surface area contributed by atoms with Crippen LogP contribution in [0.5, 0.6) is 0 Å². The van der Waals surface area contributed by atoms with E-state index in [9.17, 15) is 9.90 Å². The van der Waals surface area contributed by atoms with Crippen LogP contribution in [0.2, 0.25) is 0 Å². The fraction of sp³-hybridized carbons (Fsp3) is 0.900. The summed E-state index contributed by atoms with van der Waals surface area (Å²) in [5.41, 5.74) is 0. The molecule has 3 nitrogen and oxygen atoms in total. The first-order valence-electron chi connectivity index (χ1n) is 4.92. The SMILES string of the molecule is CCC(C(=O)OC)C(O)CCCSC. The quantitative estimate of drug-likeness (QED) is 0.524. The molecule has 0 amide bonds. The predicted molar refractivity (Wildman–Crippen MR) is 59.4 cm³/mol. The molecule has 1 N–H and O–H groups in total. The summed E-state index contributed by atoms with van der Waals surface area (Å²) in [6.45, 7) is 1.89. The Morgan fingerprint density at radius 1 is 1.57 bits per heavy atom. The third-order valence-electron chi connectivity index (χ3n) is 2.26. The first kappa shape index (κ1) is 13.8. The maximum absolute atomic E-state index is 11.2. The van der Waals surface area contributed by atoms with Crippen LogP contribution in [0.4, 0.5) is 0 Å². The minimum Gasteiger partial charge on any atom is -0.469 e. The van der Waals surface area contributed by atoms with Crippen LogP contribution < -0.4 is 0 Å². The van der Waals surface area contributed by atoms with E-state index in [1.165, 1.54) is 7.11 Å². The van der Waals surface area contributed by atoms with Crippen LogP contribution >= 0.6 is 11.8 Å². The highest BCUT2D eigenvalue weighted by Gasteiger charge is 2.25. The molecular formula is C10H20O3S. The standard InChI is InChI=1S/C10H20O3S/c1-4-8(10(12)13-2)9(11)6-5-7-14-3/h8-9,11H,4-7H2,1-3H3. The van der Waals surface area contributed by atoms with E-state index in [1.54, 1.807) is 11.8 Å². The number of aliphatic hydroxyl groups is 1. The van der Waals surface area contributed by atoms with Crippen molar-refractivity contribution < 1.29 is 14.6 Å². The zero-order chi connectivity index (χ0) is 11.0. The monoisotopic (exact) mass is 220 g/mol. The normalized spacial score (nSPS) is 14.9. The molecule has 0 aromatic rings. The molecule has 2 atom stereocenters. The molecule has 84 valence electrons. The van der Waals surface area contributed by atoms with Gasteiger partial charge in [-0.3, -0.25) is 4.79 Å². The van der Waals surface area contributed by atoms with Crippen molar-refractivity contribution in [1.82, 2.24) is 0 Å². The molecule has 0 fully saturated rings. The summed E-state index contributed by atoms with van der Waals surface area (Å²) in [5, 5.41) is 9.73. The molecular weight excluding hydrogens is 200 g/mol. The molecule has 14 heavy (non-hydrogen) atoms. The Morgan fingerprint density at radius 3 is 2.64 bits per heavy atom. The minimum atomic E-state index is -0.556. The molecule has 2 unspecified atom stereocenters. The lowest BCUT2D eigenvalue weighted by molar-refractivity contribution is -0.149. The van der Waals surface area contributed by atoms with Gasteiger partial charge in [0.1, 0.15) is 0 Å². The Kier molecular flexibility index (Phi) is 7.99. The highest BCUT2D eigenvalue weighted by atomic mass is 32.2. The van der Waals surface area contributed by atoms with Gasteiger partial charge in [-0.25, -0.2) is 0 Å². The number of esters is 1. The van der Waals surface area contributed by atoms with Gasteiger partial charge < -0.3 is 9.84 Å². The highest BCUT2D eigenvalue weighted by molar-refractivity contribution is 7.98. The predicted octanol–water partition coefficient (Wildman–Crippen LogP) is 1.69. The number of thioether (sulfide) groups is 1. The fourth-order valence-corrected chi connectivity index (χ4v) is 1.84. The number of rotatable bonds is 7. The Morgan fingerprint density at radius 2 is 2.21 bits per heavy atom. The maximum atomic E-state index is 11.2. The molecule has 0 aliphatic rings. The number of aliphatic hydroxyl groups excluding tert-OH is 1. The van der Waals surface area contributed by atoms with Gasteiger partial charge in [-0.2, -0.15) is 11.8 Å². The number of hydrogen-bond acceptors (Lipinski definition) is 4. The molecule has 0 radical (unpaired) electrons. The van der Waals surface area contributed by atoms with Gasteiger partial charge in [0.15, 0.2) is 0 Å². The molecule has 0 saturated heterocycles. The largest absolute Gasteiger partial charge is 0.469 e. The van der Waals surface area contributed by atoms with Crippen molar-refractivity contribution >= 4 is 17.7 Å². The fourth-order valence-electron chi connectivity index (χ4n) is 1.39. The van der Waals surface area contributed by atoms with Crippen LogP contribution in [0.1, 0.15) is 26.2 Å². The molecule has 0 spiro atoms. The number of ether oxygens (including phenoxy) is 1. The second-order valence-corrected chi connectivity index (χ2v) is 4.23. The van der Waals surface area contributed by atoms with Crippen molar-refractivity contribution in [3.8, 4) is 0 Å². The highest BCUT2D eigenvalue weighted by Crippen LogP contribution is 2.16. The molecule has 0 heterocycles. The van der Waals surface area contributed by atoms with E-state index in [1.807, 2.05) is 13.2 Å². The minimum absolute atomic E-state index is 0.302. The van der Waals surface area contributed by atoms with Crippen molar-refractivity contribution in [1.29, 1.82) is 0 Å². The Balaban J connectivity index is 3.91. The average molecular weight is 220 g/mol. The summed E-state index contributed by atoms with van der Waals surface area (Å²) in [4.78, 5) is 11.2. The average Bonchev–Trinajstić information content (AvgIpc) is 2.19. The first-order chi connectivity index (χ1) is 6.67. The molecule has 0 aromatic heterocycles. The maximum Gasteiger partial charge on any atom is 0.311 e. The van der Waals surface area contributed by atoms with Gasteiger partial charge in [0.2, 0.25) is 0 Å². The molecule has 0 bridgehead atoms. The van der Waals surface area contributed by atoms with E-state index in [4.69, 9.17) is 0 Å². The van der Waals surface area contributed by atoms with E-state index in [0.29, 0.717) is 12.8 Å². The molecule has 0 aliphatic carbocycles.